The summed E-state index contributed by atoms with van der Waals surface area (Å²) in [7, 11) is 2.16. The Morgan fingerprint density at radius 1 is 1.25 bits per heavy atom. The van der Waals surface area contributed by atoms with Gasteiger partial charge in [-0.05, 0) is 37.1 Å². The molecule has 16 heavy (non-hydrogen) atoms. The van der Waals surface area contributed by atoms with Crippen molar-refractivity contribution in [2.24, 2.45) is 5.92 Å². The molecule has 0 fully saturated rings. The van der Waals surface area contributed by atoms with E-state index in [1.54, 1.807) is 0 Å². The van der Waals surface area contributed by atoms with Crippen LogP contribution in [0.4, 0.5) is 5.69 Å². The van der Waals surface area contributed by atoms with Gasteiger partial charge in [-0.2, -0.15) is 12.6 Å². The van der Waals surface area contributed by atoms with Gasteiger partial charge in [0, 0.05) is 19.3 Å². The largest absolute Gasteiger partial charge is 0.374 e. The number of nitrogens with zero attached hydrogens (tertiary/aromatic N) is 1. The van der Waals surface area contributed by atoms with Gasteiger partial charge in [0.2, 0.25) is 0 Å². The Labute approximate surface area is 105 Å². The second-order valence-electron chi connectivity index (χ2n) is 4.55. The molecule has 0 saturated carbocycles. The first-order chi connectivity index (χ1) is 7.67. The number of benzene rings is 1. The molecule has 0 aliphatic carbocycles. The lowest BCUT2D eigenvalue weighted by Gasteiger charge is -2.24. The van der Waals surface area contributed by atoms with Crippen LogP contribution in [0.3, 0.4) is 0 Å². The van der Waals surface area contributed by atoms with Crippen LogP contribution in [0.5, 0.6) is 0 Å². The van der Waals surface area contributed by atoms with E-state index in [4.69, 9.17) is 0 Å². The minimum Gasteiger partial charge on any atom is -0.374 e. The van der Waals surface area contributed by atoms with Crippen molar-refractivity contribution in [2.45, 2.75) is 26.7 Å². The van der Waals surface area contributed by atoms with E-state index in [0.717, 1.165) is 12.3 Å². The Morgan fingerprint density at radius 3 is 2.38 bits per heavy atom. The van der Waals surface area contributed by atoms with Crippen LogP contribution >= 0.6 is 12.6 Å². The predicted molar refractivity (Wildman–Crippen MR) is 76.7 cm³/mol. The Balaban J connectivity index is 2.56. The molecule has 0 bridgehead atoms. The highest BCUT2D eigenvalue weighted by molar-refractivity contribution is 7.80. The summed E-state index contributed by atoms with van der Waals surface area (Å²) >= 11 is 4.43. The Hall–Kier alpha value is -0.630. The van der Waals surface area contributed by atoms with Gasteiger partial charge in [0.15, 0.2) is 0 Å². The van der Waals surface area contributed by atoms with Crippen LogP contribution in [0.1, 0.15) is 25.3 Å². The molecule has 0 aliphatic rings. The number of hydrogen-bond donors (Lipinski definition) is 1. The number of rotatable bonds is 6. The first kappa shape index (κ1) is 13.4. The van der Waals surface area contributed by atoms with Crippen molar-refractivity contribution in [3.05, 3.63) is 29.8 Å². The minimum atomic E-state index is 0.694. The smallest absolute Gasteiger partial charge is 0.0363 e. The molecule has 1 nitrogen and oxygen atoms in total. The maximum absolute atomic E-state index is 4.43. The van der Waals surface area contributed by atoms with Crippen molar-refractivity contribution in [3.8, 4) is 0 Å². The third-order valence-electron chi connectivity index (χ3n) is 2.96. The first-order valence-corrected chi connectivity index (χ1v) is 6.69. The van der Waals surface area contributed by atoms with E-state index in [0.29, 0.717) is 5.92 Å². The van der Waals surface area contributed by atoms with Crippen LogP contribution in [-0.2, 0) is 0 Å². The van der Waals surface area contributed by atoms with E-state index in [9.17, 15) is 0 Å². The highest BCUT2D eigenvalue weighted by Gasteiger charge is 2.09. The molecule has 2 heteroatoms. The highest BCUT2D eigenvalue weighted by atomic mass is 32.1. The zero-order valence-electron chi connectivity index (χ0n) is 10.6. The van der Waals surface area contributed by atoms with Gasteiger partial charge in [-0.15, -0.1) is 0 Å². The molecule has 0 saturated heterocycles. The predicted octanol–water partition coefficient (Wildman–Crippen LogP) is 3.78. The van der Waals surface area contributed by atoms with Gasteiger partial charge in [0.25, 0.3) is 0 Å². The molecule has 1 aromatic carbocycles. The van der Waals surface area contributed by atoms with Crippen molar-refractivity contribution >= 4 is 18.3 Å². The second-order valence-corrected chi connectivity index (χ2v) is 4.92. The zero-order valence-corrected chi connectivity index (χ0v) is 11.5. The molecule has 0 N–H and O–H groups in total. The third kappa shape index (κ3) is 4.09. The van der Waals surface area contributed by atoms with Crippen LogP contribution in [0, 0.1) is 12.8 Å². The summed E-state index contributed by atoms with van der Waals surface area (Å²) in [5.74, 6) is 1.67. The Morgan fingerprint density at radius 2 is 1.88 bits per heavy atom. The monoisotopic (exact) mass is 237 g/mol. The number of thiol groups is 1. The average molecular weight is 237 g/mol. The molecule has 0 amide bonds. The quantitative estimate of drug-likeness (QED) is 0.737. The van der Waals surface area contributed by atoms with Gasteiger partial charge in [0.1, 0.15) is 0 Å². The highest BCUT2D eigenvalue weighted by Crippen LogP contribution is 2.17. The van der Waals surface area contributed by atoms with E-state index in [1.165, 1.54) is 24.1 Å². The molecule has 1 atom stereocenters. The van der Waals surface area contributed by atoms with E-state index in [-0.39, 0.29) is 0 Å². The van der Waals surface area contributed by atoms with E-state index in [1.807, 2.05) is 0 Å². The standard InChI is InChI=1S/C14H23NS/c1-4-5-13(11-16)10-15(3)14-8-6-12(2)7-9-14/h6-9,13,16H,4-5,10-11H2,1-3H3. The fourth-order valence-electron chi connectivity index (χ4n) is 1.94. The van der Waals surface area contributed by atoms with Gasteiger partial charge in [-0.1, -0.05) is 31.0 Å². The second kappa shape index (κ2) is 6.85. The van der Waals surface area contributed by atoms with Crippen LogP contribution in [0.15, 0.2) is 24.3 Å². The van der Waals surface area contributed by atoms with Crippen molar-refractivity contribution in [2.75, 3.05) is 24.2 Å². The molecule has 0 aromatic heterocycles. The van der Waals surface area contributed by atoms with Gasteiger partial charge < -0.3 is 4.90 Å². The van der Waals surface area contributed by atoms with Crippen LogP contribution in [-0.4, -0.2) is 19.3 Å². The van der Waals surface area contributed by atoms with Gasteiger partial charge >= 0.3 is 0 Å². The van der Waals surface area contributed by atoms with E-state index < -0.39 is 0 Å². The van der Waals surface area contributed by atoms with Crippen LogP contribution < -0.4 is 4.90 Å². The van der Waals surface area contributed by atoms with Crippen molar-refractivity contribution in [1.29, 1.82) is 0 Å². The molecule has 0 radical (unpaired) electrons. The minimum absolute atomic E-state index is 0.694. The summed E-state index contributed by atoms with van der Waals surface area (Å²) in [6, 6.07) is 8.72. The molecule has 0 spiro atoms. The normalized spacial score (nSPS) is 12.5. The van der Waals surface area contributed by atoms with Crippen molar-refractivity contribution in [3.63, 3.8) is 0 Å². The van der Waals surface area contributed by atoms with E-state index in [2.05, 4.69) is 62.7 Å². The summed E-state index contributed by atoms with van der Waals surface area (Å²) in [4.78, 5) is 2.33. The maximum Gasteiger partial charge on any atom is 0.0363 e. The van der Waals surface area contributed by atoms with Crippen molar-refractivity contribution < 1.29 is 0 Å². The SMILES string of the molecule is CCCC(CS)CN(C)c1ccc(C)cc1. The van der Waals surface area contributed by atoms with Crippen LogP contribution in [0.2, 0.25) is 0 Å². The molecule has 1 rings (SSSR count). The molecule has 0 heterocycles. The molecule has 0 aliphatic heterocycles. The Bertz CT molecular complexity index is 294. The third-order valence-corrected chi connectivity index (χ3v) is 3.48. The fourth-order valence-corrected chi connectivity index (χ4v) is 2.24. The molecule has 1 aromatic rings. The fraction of sp³-hybridized carbons (Fsp3) is 0.571. The topological polar surface area (TPSA) is 3.24 Å². The lowest BCUT2D eigenvalue weighted by molar-refractivity contribution is 0.533. The maximum atomic E-state index is 4.43. The molecule has 90 valence electrons. The summed E-state index contributed by atoms with van der Waals surface area (Å²) in [6.45, 7) is 5.46. The lowest BCUT2D eigenvalue weighted by Crippen LogP contribution is -2.26. The Kier molecular flexibility index (Phi) is 5.75. The lowest BCUT2D eigenvalue weighted by atomic mass is 10.1. The first-order valence-electron chi connectivity index (χ1n) is 6.06. The number of anilines is 1. The number of aryl methyl sites for hydroxylation is 1. The molecular formula is C14H23NS. The van der Waals surface area contributed by atoms with E-state index >= 15 is 0 Å². The molecule has 1 unspecified atom stereocenters. The summed E-state index contributed by atoms with van der Waals surface area (Å²) in [5.41, 5.74) is 2.62. The molecular weight excluding hydrogens is 214 g/mol. The van der Waals surface area contributed by atoms with Gasteiger partial charge in [-0.3, -0.25) is 0 Å². The van der Waals surface area contributed by atoms with Crippen molar-refractivity contribution in [1.82, 2.24) is 0 Å². The summed E-state index contributed by atoms with van der Waals surface area (Å²) < 4.78 is 0. The number of hydrogen-bond acceptors (Lipinski definition) is 2. The van der Waals surface area contributed by atoms with Gasteiger partial charge in [-0.25, -0.2) is 0 Å². The summed E-state index contributed by atoms with van der Waals surface area (Å²) in [5, 5.41) is 0. The van der Waals surface area contributed by atoms with Gasteiger partial charge in [0.05, 0.1) is 0 Å². The van der Waals surface area contributed by atoms with Crippen LogP contribution in [0.25, 0.3) is 0 Å². The summed E-state index contributed by atoms with van der Waals surface area (Å²) in [6.07, 6.45) is 2.51. The average Bonchev–Trinajstić information content (AvgIpc) is 2.29. The zero-order chi connectivity index (χ0) is 12.0.